The molecule has 1 unspecified atom stereocenters. The molecule has 0 saturated heterocycles. The summed E-state index contributed by atoms with van der Waals surface area (Å²) in [5.74, 6) is -0.0894. The van der Waals surface area contributed by atoms with Crippen LogP contribution >= 0.6 is 0 Å². The lowest BCUT2D eigenvalue weighted by Gasteiger charge is -2.06. The van der Waals surface area contributed by atoms with Crippen LogP contribution in [0.5, 0.6) is 0 Å². The summed E-state index contributed by atoms with van der Waals surface area (Å²) in [6.07, 6.45) is 3.76. The minimum Gasteiger partial charge on any atom is -0.351 e. The molecule has 0 saturated carbocycles. The number of nitrogens with two attached hydrogens (primary N) is 1. The maximum atomic E-state index is 12.4. The highest BCUT2D eigenvalue weighted by Crippen LogP contribution is 2.27. The van der Waals surface area contributed by atoms with Crippen molar-refractivity contribution in [3.8, 4) is 5.69 Å². The molecule has 2 aromatic rings. The molecule has 3 N–H and O–H groups in total. The minimum atomic E-state index is -0.0894. The minimum absolute atomic E-state index is 0.0894. The molecule has 1 aromatic heterocycles. The number of carbonyl (C=O) groups excluding carboxylic acids is 1. The Balaban J connectivity index is 1.85. The number of nitrogens with one attached hydrogen (secondary N) is 1. The second-order valence-electron chi connectivity index (χ2n) is 5.90. The molecular weight excluding hydrogens is 276 g/mol. The van der Waals surface area contributed by atoms with Gasteiger partial charge in [0.1, 0.15) is 0 Å². The average molecular weight is 298 g/mol. The standard InChI is InChI=1S/C17H22N4O/c1-12(18)10-11-19-17(22)16-14-8-5-9-15(14)21(20-16)13-6-3-2-4-7-13/h2-4,6-7,12H,5,8-11,18H2,1H3,(H,19,22). The molecule has 1 amide bonds. The van der Waals surface area contributed by atoms with Gasteiger partial charge in [0.25, 0.3) is 5.91 Å². The van der Waals surface area contributed by atoms with Gasteiger partial charge in [-0.15, -0.1) is 0 Å². The Bertz CT molecular complexity index is 661. The van der Waals surface area contributed by atoms with Gasteiger partial charge in [-0.25, -0.2) is 4.68 Å². The van der Waals surface area contributed by atoms with E-state index in [4.69, 9.17) is 5.73 Å². The highest BCUT2D eigenvalue weighted by atomic mass is 16.1. The summed E-state index contributed by atoms with van der Waals surface area (Å²) >= 11 is 0. The van der Waals surface area contributed by atoms with Crippen LogP contribution in [0, 0.1) is 0 Å². The van der Waals surface area contributed by atoms with Crippen LogP contribution in [0.2, 0.25) is 0 Å². The summed E-state index contributed by atoms with van der Waals surface area (Å²) in [5, 5.41) is 7.50. The Morgan fingerprint density at radius 3 is 2.86 bits per heavy atom. The molecule has 1 atom stereocenters. The number of nitrogens with zero attached hydrogens (tertiary/aromatic N) is 2. The van der Waals surface area contributed by atoms with E-state index in [0.29, 0.717) is 12.2 Å². The number of hydrogen-bond acceptors (Lipinski definition) is 3. The van der Waals surface area contributed by atoms with Crippen molar-refractivity contribution < 1.29 is 4.79 Å². The van der Waals surface area contributed by atoms with Crippen molar-refractivity contribution in [2.75, 3.05) is 6.54 Å². The van der Waals surface area contributed by atoms with E-state index in [1.165, 1.54) is 5.69 Å². The van der Waals surface area contributed by atoms with E-state index in [1.807, 2.05) is 41.9 Å². The van der Waals surface area contributed by atoms with E-state index >= 15 is 0 Å². The Morgan fingerprint density at radius 1 is 1.36 bits per heavy atom. The molecular formula is C17H22N4O. The number of aromatic nitrogens is 2. The fourth-order valence-corrected chi connectivity index (χ4v) is 2.90. The molecule has 1 aliphatic rings. The number of carbonyl (C=O) groups is 1. The van der Waals surface area contributed by atoms with Gasteiger partial charge in [-0.05, 0) is 44.7 Å². The number of hydrogen-bond donors (Lipinski definition) is 2. The number of para-hydroxylation sites is 1. The van der Waals surface area contributed by atoms with Crippen LogP contribution in [0.3, 0.4) is 0 Å². The average Bonchev–Trinajstić information content (AvgIpc) is 3.09. The lowest BCUT2D eigenvalue weighted by atomic mass is 10.2. The summed E-state index contributed by atoms with van der Waals surface area (Å²) in [5.41, 5.74) is 9.57. The zero-order valence-corrected chi connectivity index (χ0v) is 12.9. The second kappa shape index (κ2) is 6.32. The lowest BCUT2D eigenvalue weighted by Crippen LogP contribution is -2.29. The SMILES string of the molecule is CC(N)CCNC(=O)c1nn(-c2ccccc2)c2c1CCC2. The highest BCUT2D eigenvalue weighted by Gasteiger charge is 2.26. The third kappa shape index (κ3) is 2.90. The van der Waals surface area contributed by atoms with Crippen molar-refractivity contribution in [3.63, 3.8) is 0 Å². The monoisotopic (exact) mass is 298 g/mol. The quantitative estimate of drug-likeness (QED) is 0.884. The van der Waals surface area contributed by atoms with Crippen LogP contribution in [0.4, 0.5) is 0 Å². The third-order valence-electron chi connectivity index (χ3n) is 4.03. The summed E-state index contributed by atoms with van der Waals surface area (Å²) < 4.78 is 1.92. The zero-order valence-electron chi connectivity index (χ0n) is 12.9. The van der Waals surface area contributed by atoms with Crippen molar-refractivity contribution in [1.82, 2.24) is 15.1 Å². The topological polar surface area (TPSA) is 72.9 Å². The fourth-order valence-electron chi connectivity index (χ4n) is 2.90. The Kier molecular flexibility index (Phi) is 4.24. The molecule has 1 heterocycles. The van der Waals surface area contributed by atoms with Gasteiger partial charge in [-0.2, -0.15) is 5.10 Å². The molecule has 22 heavy (non-hydrogen) atoms. The van der Waals surface area contributed by atoms with Crippen molar-refractivity contribution in [2.24, 2.45) is 5.73 Å². The largest absolute Gasteiger partial charge is 0.351 e. The van der Waals surface area contributed by atoms with Crippen LogP contribution in [0.15, 0.2) is 30.3 Å². The van der Waals surface area contributed by atoms with Gasteiger partial charge in [-0.1, -0.05) is 18.2 Å². The van der Waals surface area contributed by atoms with Gasteiger partial charge in [0.05, 0.1) is 5.69 Å². The van der Waals surface area contributed by atoms with E-state index in [1.54, 1.807) is 0 Å². The number of amides is 1. The van der Waals surface area contributed by atoms with Gasteiger partial charge in [0.2, 0.25) is 0 Å². The fraction of sp³-hybridized carbons (Fsp3) is 0.412. The predicted molar refractivity (Wildman–Crippen MR) is 86.2 cm³/mol. The van der Waals surface area contributed by atoms with Crippen LogP contribution in [-0.4, -0.2) is 28.3 Å². The zero-order chi connectivity index (χ0) is 15.5. The summed E-state index contributed by atoms with van der Waals surface area (Å²) in [7, 11) is 0. The van der Waals surface area contributed by atoms with Crippen LogP contribution in [0.25, 0.3) is 5.69 Å². The summed E-state index contributed by atoms with van der Waals surface area (Å²) in [4.78, 5) is 12.4. The molecule has 0 aliphatic heterocycles. The first-order valence-corrected chi connectivity index (χ1v) is 7.87. The number of rotatable bonds is 5. The Morgan fingerprint density at radius 2 is 2.14 bits per heavy atom. The molecule has 0 bridgehead atoms. The predicted octanol–water partition coefficient (Wildman–Crippen LogP) is 1.83. The first kappa shape index (κ1) is 14.8. The van der Waals surface area contributed by atoms with E-state index in [0.717, 1.165) is 36.9 Å². The lowest BCUT2D eigenvalue weighted by molar-refractivity contribution is 0.0946. The summed E-state index contributed by atoms with van der Waals surface area (Å²) in [6, 6.07) is 10.1. The maximum Gasteiger partial charge on any atom is 0.272 e. The van der Waals surface area contributed by atoms with Gasteiger partial charge < -0.3 is 11.1 Å². The van der Waals surface area contributed by atoms with Gasteiger partial charge in [0.15, 0.2) is 5.69 Å². The summed E-state index contributed by atoms with van der Waals surface area (Å²) in [6.45, 7) is 2.53. The molecule has 116 valence electrons. The molecule has 1 aliphatic carbocycles. The molecule has 0 radical (unpaired) electrons. The molecule has 3 rings (SSSR count). The normalized spacial score (nSPS) is 14.6. The van der Waals surface area contributed by atoms with Crippen molar-refractivity contribution in [1.29, 1.82) is 0 Å². The van der Waals surface area contributed by atoms with Crippen molar-refractivity contribution >= 4 is 5.91 Å². The molecule has 0 spiro atoms. The first-order valence-electron chi connectivity index (χ1n) is 7.87. The van der Waals surface area contributed by atoms with Gasteiger partial charge in [-0.3, -0.25) is 4.79 Å². The van der Waals surface area contributed by atoms with E-state index in [9.17, 15) is 4.79 Å². The van der Waals surface area contributed by atoms with Crippen molar-refractivity contribution in [2.45, 2.75) is 38.6 Å². The van der Waals surface area contributed by atoms with E-state index in [2.05, 4.69) is 10.4 Å². The molecule has 0 fully saturated rings. The van der Waals surface area contributed by atoms with E-state index < -0.39 is 0 Å². The second-order valence-corrected chi connectivity index (χ2v) is 5.90. The Hall–Kier alpha value is -2.14. The molecule has 1 aromatic carbocycles. The number of benzene rings is 1. The first-order chi connectivity index (χ1) is 10.7. The highest BCUT2D eigenvalue weighted by molar-refractivity contribution is 5.94. The number of fused-ring (bicyclic) bond motifs is 1. The smallest absolute Gasteiger partial charge is 0.272 e. The van der Waals surface area contributed by atoms with Crippen LogP contribution in [-0.2, 0) is 12.8 Å². The van der Waals surface area contributed by atoms with Crippen LogP contribution < -0.4 is 11.1 Å². The van der Waals surface area contributed by atoms with Gasteiger partial charge >= 0.3 is 0 Å². The molecule has 5 heteroatoms. The van der Waals surface area contributed by atoms with Crippen LogP contribution in [0.1, 0.15) is 41.5 Å². The van der Waals surface area contributed by atoms with E-state index in [-0.39, 0.29) is 11.9 Å². The Labute approximate surface area is 130 Å². The van der Waals surface area contributed by atoms with Crippen molar-refractivity contribution in [3.05, 3.63) is 47.3 Å². The molecule has 5 nitrogen and oxygen atoms in total. The van der Waals surface area contributed by atoms with Gasteiger partial charge in [0, 0.05) is 23.8 Å². The maximum absolute atomic E-state index is 12.4. The third-order valence-corrected chi connectivity index (χ3v) is 4.03.